The van der Waals surface area contributed by atoms with Gasteiger partial charge in [0.15, 0.2) is 0 Å². The van der Waals surface area contributed by atoms with Gasteiger partial charge in [-0.3, -0.25) is 4.79 Å². The minimum Gasteiger partial charge on any atom is -0.489 e. The summed E-state index contributed by atoms with van der Waals surface area (Å²) in [4.78, 5) is 14.7. The SMILES string of the molecule is CCN(CC)c1ccc(C(=O)Nc2ccc(OCc3ccccc3)cc2)cc1. The number of carbonyl (C=O) groups excluding carboxylic acids is 1. The topological polar surface area (TPSA) is 41.6 Å². The molecule has 0 heterocycles. The van der Waals surface area contributed by atoms with Gasteiger partial charge in [-0.05, 0) is 67.9 Å². The molecule has 0 saturated carbocycles. The molecule has 0 unspecified atom stereocenters. The Labute approximate surface area is 166 Å². The normalized spacial score (nSPS) is 10.4. The number of carbonyl (C=O) groups is 1. The van der Waals surface area contributed by atoms with E-state index in [-0.39, 0.29) is 5.91 Å². The quantitative estimate of drug-likeness (QED) is 0.577. The van der Waals surface area contributed by atoms with Crippen LogP contribution >= 0.6 is 0 Å². The third-order valence-corrected chi connectivity index (χ3v) is 4.62. The van der Waals surface area contributed by atoms with Gasteiger partial charge in [0.05, 0.1) is 0 Å². The lowest BCUT2D eigenvalue weighted by atomic mass is 10.1. The van der Waals surface area contributed by atoms with Gasteiger partial charge in [0.25, 0.3) is 5.91 Å². The van der Waals surface area contributed by atoms with E-state index in [9.17, 15) is 4.79 Å². The zero-order valence-electron chi connectivity index (χ0n) is 16.4. The second kappa shape index (κ2) is 9.60. The number of nitrogens with zero attached hydrogens (tertiary/aromatic N) is 1. The summed E-state index contributed by atoms with van der Waals surface area (Å²) in [6.45, 7) is 6.65. The molecule has 0 bridgehead atoms. The number of benzene rings is 3. The van der Waals surface area contributed by atoms with Gasteiger partial charge in [-0.1, -0.05) is 30.3 Å². The standard InChI is InChI=1S/C24H26N2O2/c1-3-26(4-2)22-14-10-20(11-15-22)24(27)25-21-12-16-23(17-13-21)28-18-19-8-6-5-7-9-19/h5-17H,3-4,18H2,1-2H3,(H,25,27). The van der Waals surface area contributed by atoms with Gasteiger partial charge in [-0.25, -0.2) is 0 Å². The van der Waals surface area contributed by atoms with Gasteiger partial charge >= 0.3 is 0 Å². The molecule has 28 heavy (non-hydrogen) atoms. The summed E-state index contributed by atoms with van der Waals surface area (Å²) in [5.41, 5.74) is 3.62. The highest BCUT2D eigenvalue weighted by Gasteiger charge is 2.08. The smallest absolute Gasteiger partial charge is 0.255 e. The van der Waals surface area contributed by atoms with Gasteiger partial charge < -0.3 is 15.0 Å². The molecule has 144 valence electrons. The first-order chi connectivity index (χ1) is 13.7. The zero-order valence-corrected chi connectivity index (χ0v) is 16.4. The molecule has 0 atom stereocenters. The van der Waals surface area contributed by atoms with Gasteiger partial charge in [-0.2, -0.15) is 0 Å². The lowest BCUT2D eigenvalue weighted by Gasteiger charge is -2.21. The van der Waals surface area contributed by atoms with Crippen molar-refractivity contribution in [1.29, 1.82) is 0 Å². The van der Waals surface area contributed by atoms with Crippen LogP contribution < -0.4 is 15.0 Å². The summed E-state index contributed by atoms with van der Waals surface area (Å²) >= 11 is 0. The summed E-state index contributed by atoms with van der Waals surface area (Å²) in [5.74, 6) is 0.648. The zero-order chi connectivity index (χ0) is 19.8. The fourth-order valence-electron chi connectivity index (χ4n) is 2.99. The van der Waals surface area contributed by atoms with Crippen molar-refractivity contribution in [3.63, 3.8) is 0 Å². The molecule has 3 aromatic rings. The maximum atomic E-state index is 12.5. The van der Waals surface area contributed by atoms with E-state index in [0.29, 0.717) is 12.2 Å². The molecule has 0 aromatic heterocycles. The Hall–Kier alpha value is -3.27. The number of ether oxygens (including phenoxy) is 1. The first-order valence-corrected chi connectivity index (χ1v) is 9.62. The minimum atomic E-state index is -0.121. The Morgan fingerprint density at radius 3 is 2.11 bits per heavy atom. The van der Waals surface area contributed by atoms with Crippen molar-refractivity contribution in [2.24, 2.45) is 0 Å². The van der Waals surface area contributed by atoms with Crippen LogP contribution in [-0.4, -0.2) is 19.0 Å². The molecule has 0 radical (unpaired) electrons. The third-order valence-electron chi connectivity index (χ3n) is 4.62. The average Bonchev–Trinajstić information content (AvgIpc) is 2.75. The van der Waals surface area contributed by atoms with Crippen molar-refractivity contribution in [3.8, 4) is 5.75 Å². The number of hydrogen-bond donors (Lipinski definition) is 1. The van der Waals surface area contributed by atoms with Crippen molar-refractivity contribution in [1.82, 2.24) is 0 Å². The summed E-state index contributed by atoms with van der Waals surface area (Å²) < 4.78 is 5.78. The van der Waals surface area contributed by atoms with E-state index < -0.39 is 0 Å². The number of hydrogen-bond acceptors (Lipinski definition) is 3. The molecule has 0 aliphatic carbocycles. The van der Waals surface area contributed by atoms with E-state index in [1.807, 2.05) is 78.9 Å². The second-order valence-electron chi connectivity index (χ2n) is 6.47. The molecule has 0 spiro atoms. The molecule has 1 N–H and O–H groups in total. The van der Waals surface area contributed by atoms with Crippen molar-refractivity contribution in [3.05, 3.63) is 90.0 Å². The van der Waals surface area contributed by atoms with E-state index in [0.717, 1.165) is 35.8 Å². The van der Waals surface area contributed by atoms with Gasteiger partial charge in [0.2, 0.25) is 0 Å². The summed E-state index contributed by atoms with van der Waals surface area (Å²) in [5, 5.41) is 2.93. The Balaban J connectivity index is 1.56. The first kappa shape index (κ1) is 19.5. The molecule has 3 rings (SSSR count). The largest absolute Gasteiger partial charge is 0.489 e. The van der Waals surface area contributed by atoms with E-state index in [1.165, 1.54) is 0 Å². The van der Waals surface area contributed by atoms with E-state index in [4.69, 9.17) is 4.74 Å². The molecule has 4 heteroatoms. The number of amides is 1. The van der Waals surface area contributed by atoms with Crippen LogP contribution in [0.2, 0.25) is 0 Å². The Kier molecular flexibility index (Phi) is 6.68. The summed E-state index contributed by atoms with van der Waals surface area (Å²) in [6.07, 6.45) is 0. The van der Waals surface area contributed by atoms with Crippen molar-refractivity contribution < 1.29 is 9.53 Å². The highest BCUT2D eigenvalue weighted by atomic mass is 16.5. The molecule has 0 fully saturated rings. The predicted molar refractivity (Wildman–Crippen MR) is 115 cm³/mol. The molecule has 0 saturated heterocycles. The van der Waals surface area contributed by atoms with E-state index >= 15 is 0 Å². The van der Waals surface area contributed by atoms with Gasteiger partial charge in [0.1, 0.15) is 12.4 Å². The molecule has 4 nitrogen and oxygen atoms in total. The molecule has 1 amide bonds. The maximum Gasteiger partial charge on any atom is 0.255 e. The van der Waals surface area contributed by atoms with Crippen LogP contribution in [0.1, 0.15) is 29.8 Å². The van der Waals surface area contributed by atoms with Gasteiger partial charge in [0, 0.05) is 30.0 Å². The van der Waals surface area contributed by atoms with Crippen LogP contribution in [0.5, 0.6) is 5.75 Å². The van der Waals surface area contributed by atoms with Crippen LogP contribution in [0.15, 0.2) is 78.9 Å². The van der Waals surface area contributed by atoms with Crippen LogP contribution in [0.3, 0.4) is 0 Å². The Morgan fingerprint density at radius 1 is 0.857 bits per heavy atom. The average molecular weight is 374 g/mol. The Bertz CT molecular complexity index is 871. The third kappa shape index (κ3) is 5.13. The highest BCUT2D eigenvalue weighted by Crippen LogP contribution is 2.19. The van der Waals surface area contributed by atoms with Crippen LogP contribution in [-0.2, 0) is 6.61 Å². The molecular weight excluding hydrogens is 348 g/mol. The first-order valence-electron chi connectivity index (χ1n) is 9.62. The predicted octanol–water partition coefficient (Wildman–Crippen LogP) is 5.36. The Morgan fingerprint density at radius 2 is 1.50 bits per heavy atom. The lowest BCUT2D eigenvalue weighted by molar-refractivity contribution is 0.102. The molecular formula is C24H26N2O2. The fraction of sp³-hybridized carbons (Fsp3) is 0.208. The van der Waals surface area contributed by atoms with E-state index in [1.54, 1.807) is 0 Å². The monoisotopic (exact) mass is 374 g/mol. The summed E-state index contributed by atoms with van der Waals surface area (Å²) in [6, 6.07) is 25.1. The number of rotatable bonds is 8. The van der Waals surface area contributed by atoms with Crippen molar-refractivity contribution >= 4 is 17.3 Å². The summed E-state index contributed by atoms with van der Waals surface area (Å²) in [7, 11) is 0. The second-order valence-corrected chi connectivity index (χ2v) is 6.47. The van der Waals surface area contributed by atoms with Crippen molar-refractivity contribution in [2.75, 3.05) is 23.3 Å². The van der Waals surface area contributed by atoms with Crippen LogP contribution in [0.4, 0.5) is 11.4 Å². The van der Waals surface area contributed by atoms with Crippen LogP contribution in [0.25, 0.3) is 0 Å². The number of nitrogens with one attached hydrogen (secondary N) is 1. The molecule has 0 aliphatic heterocycles. The maximum absolute atomic E-state index is 12.5. The minimum absolute atomic E-state index is 0.121. The molecule has 0 aliphatic rings. The highest BCUT2D eigenvalue weighted by molar-refractivity contribution is 6.04. The van der Waals surface area contributed by atoms with Gasteiger partial charge in [-0.15, -0.1) is 0 Å². The number of anilines is 2. The van der Waals surface area contributed by atoms with Crippen molar-refractivity contribution in [2.45, 2.75) is 20.5 Å². The van der Waals surface area contributed by atoms with E-state index in [2.05, 4.69) is 24.1 Å². The fourth-order valence-corrected chi connectivity index (χ4v) is 2.99. The molecule has 3 aromatic carbocycles. The van der Waals surface area contributed by atoms with Crippen LogP contribution in [0, 0.1) is 0 Å². The lowest BCUT2D eigenvalue weighted by Crippen LogP contribution is -2.21.